The average Bonchev–Trinajstić information content (AvgIpc) is 2.72. The Morgan fingerprint density at radius 2 is 0.939 bits per heavy atom. The molecule has 0 spiro atoms. The van der Waals surface area contributed by atoms with Crippen LogP contribution in [0.1, 0.15) is 56.8 Å². The third kappa shape index (κ3) is 8.64. The minimum Gasteiger partial charge on any atom is -0.481 e. The summed E-state index contributed by atoms with van der Waals surface area (Å²) in [6.45, 7) is 0. The first kappa shape index (κ1) is 26.5. The Morgan fingerprint density at radius 1 is 0.606 bits per heavy atom. The van der Waals surface area contributed by atoms with Gasteiger partial charge >= 0.3 is 29.8 Å². The molecule has 33 heavy (non-hydrogen) atoms. The lowest BCUT2D eigenvalue weighted by molar-refractivity contribution is -0.142. The van der Waals surface area contributed by atoms with Crippen molar-refractivity contribution in [1.82, 2.24) is 10.6 Å². The van der Waals surface area contributed by atoms with Crippen molar-refractivity contribution in [2.45, 2.75) is 37.8 Å². The van der Waals surface area contributed by atoms with E-state index >= 15 is 0 Å². The highest BCUT2D eigenvalue weighted by Gasteiger charge is 2.25. The first-order valence-corrected chi connectivity index (χ1v) is 9.21. The summed E-state index contributed by atoms with van der Waals surface area (Å²) in [6, 6.07) is -0.685. The molecule has 7 N–H and O–H groups in total. The van der Waals surface area contributed by atoms with Crippen LogP contribution in [0.3, 0.4) is 0 Å². The molecule has 0 aliphatic rings. The maximum Gasteiger partial charge on any atom is 0.335 e. The Bertz CT molecular complexity index is 919. The Hall–Kier alpha value is -4.49. The molecule has 0 unspecified atom stereocenters. The zero-order valence-electron chi connectivity index (χ0n) is 16.8. The Kier molecular flexibility index (Phi) is 9.48. The number of hydrogen-bond acceptors (Lipinski definition) is 7. The van der Waals surface area contributed by atoms with Gasteiger partial charge in [-0.1, -0.05) is 0 Å². The van der Waals surface area contributed by atoms with Crippen LogP contribution in [0.4, 0.5) is 0 Å². The van der Waals surface area contributed by atoms with Crippen molar-refractivity contribution in [3.63, 3.8) is 0 Å². The van der Waals surface area contributed by atoms with Gasteiger partial charge in [0.05, 0.1) is 5.56 Å². The van der Waals surface area contributed by atoms with Gasteiger partial charge in [-0.15, -0.1) is 0 Å². The number of rotatable bonds is 13. The van der Waals surface area contributed by atoms with Crippen LogP contribution in [0.15, 0.2) is 18.2 Å². The Labute approximate surface area is 184 Å². The second kappa shape index (κ2) is 11.8. The average molecular weight is 468 g/mol. The number of carbonyl (C=O) groups is 7. The fraction of sp³-hybridized carbons (Fsp3) is 0.316. The molecule has 0 saturated carbocycles. The second-order valence-corrected chi connectivity index (χ2v) is 6.70. The number of hydrogen-bond donors (Lipinski definition) is 7. The molecule has 14 nitrogen and oxygen atoms in total. The molecule has 1 aromatic carbocycles. The van der Waals surface area contributed by atoms with E-state index < -0.39 is 96.1 Å². The van der Waals surface area contributed by atoms with Crippen LogP contribution < -0.4 is 10.6 Å². The molecule has 0 radical (unpaired) electrons. The normalized spacial score (nSPS) is 12.1. The molecule has 14 heteroatoms. The minimum absolute atomic E-state index is 0.459. The quantitative estimate of drug-likeness (QED) is 0.193. The highest BCUT2D eigenvalue weighted by molar-refractivity contribution is 6.04. The SMILES string of the molecule is O=C(O)CC[C@H](NC(=O)c1cc(C(=O)O)cc(C(=O)N[C@@H](CCC(=O)O)C(=O)O)c1)C(=O)O. The summed E-state index contributed by atoms with van der Waals surface area (Å²) in [4.78, 5) is 80.1. The second-order valence-electron chi connectivity index (χ2n) is 6.70. The summed E-state index contributed by atoms with van der Waals surface area (Å²) in [7, 11) is 0. The van der Waals surface area contributed by atoms with E-state index in [4.69, 9.17) is 20.4 Å². The maximum atomic E-state index is 12.5. The van der Waals surface area contributed by atoms with Crippen molar-refractivity contribution in [2.75, 3.05) is 0 Å². The van der Waals surface area contributed by atoms with Gasteiger partial charge in [-0.25, -0.2) is 14.4 Å². The van der Waals surface area contributed by atoms with E-state index in [-0.39, 0.29) is 0 Å². The number of aromatic carboxylic acids is 1. The van der Waals surface area contributed by atoms with Gasteiger partial charge in [0.2, 0.25) is 0 Å². The van der Waals surface area contributed by atoms with Crippen LogP contribution in [0, 0.1) is 0 Å². The van der Waals surface area contributed by atoms with Gasteiger partial charge in [-0.05, 0) is 31.0 Å². The molecule has 178 valence electrons. The molecule has 2 amide bonds. The fourth-order valence-corrected chi connectivity index (χ4v) is 2.55. The molecule has 0 saturated heterocycles. The molecule has 0 heterocycles. The van der Waals surface area contributed by atoms with Gasteiger partial charge in [0.15, 0.2) is 0 Å². The Balaban J connectivity index is 3.19. The third-order valence-electron chi connectivity index (χ3n) is 4.20. The monoisotopic (exact) mass is 468 g/mol. The summed E-state index contributed by atoms with van der Waals surface area (Å²) < 4.78 is 0. The predicted octanol–water partition coefficient (Wildman–Crippen LogP) is -0.520. The lowest BCUT2D eigenvalue weighted by atomic mass is 10.0. The van der Waals surface area contributed by atoms with Crippen LogP contribution >= 0.6 is 0 Å². The Morgan fingerprint density at radius 3 is 1.21 bits per heavy atom. The predicted molar refractivity (Wildman–Crippen MR) is 105 cm³/mol. The third-order valence-corrected chi connectivity index (χ3v) is 4.20. The lowest BCUT2D eigenvalue weighted by Crippen LogP contribution is -2.42. The molecule has 0 bridgehead atoms. The zero-order valence-corrected chi connectivity index (χ0v) is 16.8. The molecule has 1 aromatic rings. The van der Waals surface area contributed by atoms with Crippen LogP contribution in [0.5, 0.6) is 0 Å². The van der Waals surface area contributed by atoms with Crippen LogP contribution in [0.25, 0.3) is 0 Å². The number of benzene rings is 1. The first-order valence-electron chi connectivity index (χ1n) is 9.21. The lowest BCUT2D eigenvalue weighted by Gasteiger charge is -2.16. The van der Waals surface area contributed by atoms with Crippen molar-refractivity contribution in [3.8, 4) is 0 Å². The van der Waals surface area contributed by atoms with Gasteiger partial charge in [0.25, 0.3) is 11.8 Å². The van der Waals surface area contributed by atoms with Crippen molar-refractivity contribution < 1.29 is 59.1 Å². The van der Waals surface area contributed by atoms with Crippen LogP contribution in [-0.2, 0) is 19.2 Å². The summed E-state index contributed by atoms with van der Waals surface area (Å²) in [5.41, 5.74) is -1.47. The summed E-state index contributed by atoms with van der Waals surface area (Å²) in [5.74, 6) is -9.49. The zero-order chi connectivity index (χ0) is 25.3. The van der Waals surface area contributed by atoms with E-state index in [1.54, 1.807) is 0 Å². The van der Waals surface area contributed by atoms with Gasteiger partial charge in [0, 0.05) is 24.0 Å². The fourth-order valence-electron chi connectivity index (χ4n) is 2.55. The standard InChI is InChI=1S/C19H20N2O12/c22-13(23)3-1-11(18(30)31)20-15(26)8-5-9(7-10(6-8)17(28)29)16(27)21-12(19(32)33)2-4-14(24)25/h5-7,11-12H,1-4H2,(H,20,26)(H,21,27)(H,22,23)(H,24,25)(H,28,29)(H,30,31)(H,32,33)/t11-,12-/m0/s1. The molecule has 1 rings (SSSR count). The van der Waals surface area contributed by atoms with Gasteiger partial charge < -0.3 is 36.2 Å². The number of aliphatic carboxylic acids is 4. The molecule has 0 aliphatic heterocycles. The molecule has 0 fully saturated rings. The smallest absolute Gasteiger partial charge is 0.335 e. The van der Waals surface area contributed by atoms with E-state index in [2.05, 4.69) is 0 Å². The number of amides is 2. The van der Waals surface area contributed by atoms with Gasteiger partial charge in [-0.3, -0.25) is 19.2 Å². The number of carboxylic acid groups (broad SMARTS) is 5. The molecule has 0 aliphatic carbocycles. The highest BCUT2D eigenvalue weighted by atomic mass is 16.4. The van der Waals surface area contributed by atoms with E-state index in [0.29, 0.717) is 0 Å². The van der Waals surface area contributed by atoms with E-state index in [9.17, 15) is 38.7 Å². The van der Waals surface area contributed by atoms with Crippen molar-refractivity contribution in [3.05, 3.63) is 34.9 Å². The highest BCUT2D eigenvalue weighted by Crippen LogP contribution is 2.13. The molecule has 0 aromatic heterocycles. The maximum absolute atomic E-state index is 12.5. The topological polar surface area (TPSA) is 245 Å². The number of nitrogens with one attached hydrogen (secondary N) is 2. The van der Waals surface area contributed by atoms with E-state index in [1.165, 1.54) is 0 Å². The number of carboxylic acids is 5. The molecule has 2 atom stereocenters. The minimum atomic E-state index is -1.62. The summed E-state index contributed by atoms with van der Waals surface area (Å²) in [5, 5.41) is 48.9. The van der Waals surface area contributed by atoms with Crippen molar-refractivity contribution in [1.29, 1.82) is 0 Å². The van der Waals surface area contributed by atoms with E-state index in [1.807, 2.05) is 10.6 Å². The van der Waals surface area contributed by atoms with Gasteiger partial charge in [-0.2, -0.15) is 0 Å². The van der Waals surface area contributed by atoms with Crippen LogP contribution in [0.2, 0.25) is 0 Å². The van der Waals surface area contributed by atoms with E-state index in [0.717, 1.165) is 18.2 Å². The largest absolute Gasteiger partial charge is 0.481 e. The molecular weight excluding hydrogens is 448 g/mol. The summed E-state index contributed by atoms with van der Waals surface area (Å²) >= 11 is 0. The number of carbonyl (C=O) groups excluding carboxylic acids is 2. The van der Waals surface area contributed by atoms with Crippen LogP contribution in [-0.4, -0.2) is 79.3 Å². The van der Waals surface area contributed by atoms with Crippen molar-refractivity contribution >= 4 is 41.7 Å². The van der Waals surface area contributed by atoms with Crippen molar-refractivity contribution in [2.24, 2.45) is 0 Å². The first-order chi connectivity index (χ1) is 15.3. The summed E-state index contributed by atoms with van der Waals surface area (Å²) in [6.07, 6.45) is -2.08. The molecular formula is C19H20N2O12. The van der Waals surface area contributed by atoms with Gasteiger partial charge in [0.1, 0.15) is 12.1 Å².